The van der Waals surface area contributed by atoms with Crippen LogP contribution in [-0.2, 0) is 0 Å². The van der Waals surface area contributed by atoms with Gasteiger partial charge in [0.1, 0.15) is 5.75 Å². The number of benzene rings is 1. The largest absolute Gasteiger partial charge is 0.496 e. The van der Waals surface area contributed by atoms with E-state index in [2.05, 4.69) is 22.6 Å². The molecule has 4 heteroatoms. The molecule has 0 fully saturated rings. The van der Waals surface area contributed by atoms with E-state index in [0.29, 0.717) is 17.1 Å². The van der Waals surface area contributed by atoms with Crippen LogP contribution in [0.1, 0.15) is 21.7 Å². The highest BCUT2D eigenvalue weighted by atomic mass is 127. The number of carbonyl (C=O) groups is 1. The van der Waals surface area contributed by atoms with Gasteiger partial charge in [0, 0.05) is 3.57 Å². The minimum Gasteiger partial charge on any atom is -0.496 e. The molecule has 17 heavy (non-hydrogen) atoms. The van der Waals surface area contributed by atoms with Gasteiger partial charge in [0.2, 0.25) is 5.78 Å². The van der Waals surface area contributed by atoms with Gasteiger partial charge in [-0.2, -0.15) is 0 Å². The van der Waals surface area contributed by atoms with E-state index in [0.717, 1.165) is 9.13 Å². The molecule has 0 unspecified atom stereocenters. The SMILES string of the molecule is COc1ccc(I)cc1C(=O)c1occc1C. The number of methoxy groups -OCH3 is 1. The molecule has 0 saturated heterocycles. The van der Waals surface area contributed by atoms with E-state index in [9.17, 15) is 4.79 Å². The lowest BCUT2D eigenvalue weighted by molar-refractivity contribution is 0.101. The van der Waals surface area contributed by atoms with Crippen LogP contribution in [0.4, 0.5) is 0 Å². The maximum Gasteiger partial charge on any atom is 0.232 e. The summed E-state index contributed by atoms with van der Waals surface area (Å²) in [5, 5.41) is 0. The molecule has 0 saturated carbocycles. The average molecular weight is 342 g/mol. The molecule has 0 aliphatic rings. The Kier molecular flexibility index (Phi) is 3.51. The molecule has 2 aromatic rings. The van der Waals surface area contributed by atoms with Crippen LogP contribution in [0.15, 0.2) is 34.9 Å². The molecule has 0 atom stereocenters. The van der Waals surface area contributed by atoms with Gasteiger partial charge in [-0.3, -0.25) is 4.79 Å². The first-order chi connectivity index (χ1) is 8.13. The Labute approximate surface area is 113 Å². The molecule has 0 spiro atoms. The number of hydrogen-bond donors (Lipinski definition) is 0. The second kappa shape index (κ2) is 4.91. The molecule has 0 amide bonds. The molecule has 88 valence electrons. The first kappa shape index (κ1) is 12.2. The lowest BCUT2D eigenvalue weighted by atomic mass is 10.1. The van der Waals surface area contributed by atoms with Crippen molar-refractivity contribution < 1.29 is 13.9 Å². The third kappa shape index (κ3) is 2.36. The Morgan fingerprint density at radius 3 is 2.71 bits per heavy atom. The van der Waals surface area contributed by atoms with E-state index >= 15 is 0 Å². The zero-order chi connectivity index (χ0) is 12.4. The molecule has 0 aliphatic heterocycles. The number of hydrogen-bond acceptors (Lipinski definition) is 3. The van der Waals surface area contributed by atoms with Gasteiger partial charge in [0.15, 0.2) is 5.76 Å². The number of carbonyl (C=O) groups excluding carboxylic acids is 1. The predicted molar refractivity (Wildman–Crippen MR) is 72.6 cm³/mol. The van der Waals surface area contributed by atoms with Crippen LogP contribution in [0, 0.1) is 10.5 Å². The van der Waals surface area contributed by atoms with E-state index in [1.807, 2.05) is 13.0 Å². The first-order valence-corrected chi connectivity index (χ1v) is 6.13. The predicted octanol–water partition coefficient (Wildman–Crippen LogP) is 3.43. The molecular formula is C13H11IO3. The fourth-order valence-corrected chi connectivity index (χ4v) is 2.08. The van der Waals surface area contributed by atoms with Crippen LogP contribution in [0.25, 0.3) is 0 Å². The van der Waals surface area contributed by atoms with E-state index in [-0.39, 0.29) is 5.78 Å². The summed E-state index contributed by atoms with van der Waals surface area (Å²) in [6.07, 6.45) is 1.52. The van der Waals surface area contributed by atoms with E-state index < -0.39 is 0 Å². The average Bonchev–Trinajstić information content (AvgIpc) is 2.74. The van der Waals surface area contributed by atoms with Gasteiger partial charge in [-0.15, -0.1) is 0 Å². The number of furan rings is 1. The van der Waals surface area contributed by atoms with Crippen LogP contribution >= 0.6 is 22.6 Å². The second-order valence-electron chi connectivity index (χ2n) is 3.61. The second-order valence-corrected chi connectivity index (χ2v) is 4.85. The number of rotatable bonds is 3. The number of aryl methyl sites for hydroxylation is 1. The Balaban J connectivity index is 2.50. The zero-order valence-electron chi connectivity index (χ0n) is 9.49. The highest BCUT2D eigenvalue weighted by Crippen LogP contribution is 2.25. The van der Waals surface area contributed by atoms with Crippen molar-refractivity contribution in [2.45, 2.75) is 6.92 Å². The normalized spacial score (nSPS) is 10.3. The highest BCUT2D eigenvalue weighted by molar-refractivity contribution is 14.1. The molecule has 0 bridgehead atoms. The minimum atomic E-state index is -0.150. The summed E-state index contributed by atoms with van der Waals surface area (Å²) in [7, 11) is 1.55. The maximum absolute atomic E-state index is 12.3. The smallest absolute Gasteiger partial charge is 0.232 e. The fraction of sp³-hybridized carbons (Fsp3) is 0.154. The number of ether oxygens (including phenoxy) is 1. The summed E-state index contributed by atoms with van der Waals surface area (Å²) < 4.78 is 11.4. The molecule has 0 N–H and O–H groups in total. The van der Waals surface area contributed by atoms with Crippen LogP contribution < -0.4 is 4.74 Å². The molecular weight excluding hydrogens is 331 g/mol. The Bertz CT molecular complexity index is 558. The van der Waals surface area contributed by atoms with E-state index in [4.69, 9.17) is 9.15 Å². The van der Waals surface area contributed by atoms with E-state index in [1.165, 1.54) is 6.26 Å². The molecule has 1 heterocycles. The summed E-state index contributed by atoms with van der Waals surface area (Å²) in [5.74, 6) is 0.777. The third-order valence-electron chi connectivity index (χ3n) is 2.47. The quantitative estimate of drug-likeness (QED) is 0.634. The summed E-state index contributed by atoms with van der Waals surface area (Å²) in [4.78, 5) is 12.3. The fourth-order valence-electron chi connectivity index (χ4n) is 1.59. The molecule has 1 aromatic carbocycles. The van der Waals surface area contributed by atoms with Gasteiger partial charge in [0.05, 0.1) is 18.9 Å². The Morgan fingerprint density at radius 2 is 2.12 bits per heavy atom. The monoisotopic (exact) mass is 342 g/mol. The van der Waals surface area contributed by atoms with Crippen LogP contribution in [0.5, 0.6) is 5.75 Å². The van der Waals surface area contributed by atoms with Crippen molar-refractivity contribution in [1.29, 1.82) is 0 Å². The minimum absolute atomic E-state index is 0.150. The van der Waals surface area contributed by atoms with Gasteiger partial charge in [-0.25, -0.2) is 0 Å². The van der Waals surface area contributed by atoms with Gasteiger partial charge < -0.3 is 9.15 Å². The van der Waals surface area contributed by atoms with Gasteiger partial charge >= 0.3 is 0 Å². The summed E-state index contributed by atoms with van der Waals surface area (Å²) in [5.41, 5.74) is 1.35. The van der Waals surface area contributed by atoms with Gasteiger partial charge in [-0.05, 0) is 59.3 Å². The lowest BCUT2D eigenvalue weighted by Gasteiger charge is -2.07. The molecule has 0 radical (unpaired) electrons. The topological polar surface area (TPSA) is 39.4 Å². The maximum atomic E-state index is 12.3. The third-order valence-corrected chi connectivity index (χ3v) is 3.15. The standard InChI is InChI=1S/C13H11IO3/c1-8-5-6-17-13(8)12(15)10-7-9(14)3-4-11(10)16-2/h3-7H,1-2H3. The van der Waals surface area contributed by atoms with Crippen molar-refractivity contribution in [2.24, 2.45) is 0 Å². The summed E-state index contributed by atoms with van der Waals surface area (Å²) in [6, 6.07) is 7.25. The van der Waals surface area contributed by atoms with Crippen molar-refractivity contribution in [3.8, 4) is 5.75 Å². The van der Waals surface area contributed by atoms with Crippen LogP contribution in [-0.4, -0.2) is 12.9 Å². The lowest BCUT2D eigenvalue weighted by Crippen LogP contribution is -2.04. The Morgan fingerprint density at radius 1 is 1.35 bits per heavy atom. The van der Waals surface area contributed by atoms with Crippen molar-refractivity contribution in [3.05, 3.63) is 51.0 Å². The molecule has 1 aromatic heterocycles. The van der Waals surface area contributed by atoms with Gasteiger partial charge in [0.25, 0.3) is 0 Å². The molecule has 0 aliphatic carbocycles. The first-order valence-electron chi connectivity index (χ1n) is 5.06. The van der Waals surface area contributed by atoms with Crippen molar-refractivity contribution >= 4 is 28.4 Å². The number of halogens is 1. The van der Waals surface area contributed by atoms with Crippen LogP contribution in [0.2, 0.25) is 0 Å². The highest BCUT2D eigenvalue weighted by Gasteiger charge is 2.19. The van der Waals surface area contributed by atoms with Crippen molar-refractivity contribution in [1.82, 2.24) is 0 Å². The summed E-state index contributed by atoms with van der Waals surface area (Å²) in [6.45, 7) is 1.84. The Hall–Kier alpha value is -1.30. The molecule has 2 rings (SSSR count). The van der Waals surface area contributed by atoms with E-state index in [1.54, 1.807) is 25.3 Å². The van der Waals surface area contributed by atoms with Gasteiger partial charge in [-0.1, -0.05) is 0 Å². The van der Waals surface area contributed by atoms with Crippen molar-refractivity contribution in [2.75, 3.05) is 7.11 Å². The van der Waals surface area contributed by atoms with Crippen LogP contribution in [0.3, 0.4) is 0 Å². The van der Waals surface area contributed by atoms with Crippen molar-refractivity contribution in [3.63, 3.8) is 0 Å². The molecule has 3 nitrogen and oxygen atoms in total. The summed E-state index contributed by atoms with van der Waals surface area (Å²) >= 11 is 2.16. The zero-order valence-corrected chi connectivity index (χ0v) is 11.6. The number of ketones is 1.